The highest BCUT2D eigenvalue weighted by Gasteiger charge is 2.17. The van der Waals surface area contributed by atoms with E-state index in [0.29, 0.717) is 6.42 Å². The number of hydrogen-bond donors (Lipinski definition) is 3. The third kappa shape index (κ3) is 4.05. The van der Waals surface area contributed by atoms with Crippen molar-refractivity contribution in [3.63, 3.8) is 0 Å². The lowest BCUT2D eigenvalue weighted by molar-refractivity contribution is 0.0907. The number of halogens is 2. The fourth-order valence-electron chi connectivity index (χ4n) is 1.52. The molecule has 1 rings (SSSR count). The normalized spacial score (nSPS) is 12.2. The summed E-state index contributed by atoms with van der Waals surface area (Å²) in [6.45, 7) is 2.05. The molecule has 18 heavy (non-hydrogen) atoms. The van der Waals surface area contributed by atoms with Gasteiger partial charge in [0, 0.05) is 11.6 Å². The van der Waals surface area contributed by atoms with Gasteiger partial charge in [0.15, 0.2) is 0 Å². The second-order valence-corrected chi connectivity index (χ2v) is 4.78. The highest BCUT2D eigenvalue weighted by molar-refractivity contribution is 6.37. The van der Waals surface area contributed by atoms with Gasteiger partial charge in [-0.15, -0.1) is 0 Å². The van der Waals surface area contributed by atoms with Crippen LogP contribution in [0.5, 0.6) is 5.75 Å². The monoisotopic (exact) mass is 291 g/mol. The Hall–Kier alpha value is -0.970. The van der Waals surface area contributed by atoms with Gasteiger partial charge in [0.25, 0.3) is 5.91 Å². The second kappa shape index (κ2) is 6.83. The summed E-state index contributed by atoms with van der Waals surface area (Å²) in [6, 6.07) is 2.62. The second-order valence-electron chi connectivity index (χ2n) is 3.93. The maximum Gasteiger partial charge on any atom is 0.256 e. The predicted molar refractivity (Wildman–Crippen MR) is 71.4 cm³/mol. The summed E-state index contributed by atoms with van der Waals surface area (Å²) in [5.41, 5.74) is -0.0373. The molecule has 1 aromatic carbocycles. The number of phenols is 1. The molecule has 0 bridgehead atoms. The van der Waals surface area contributed by atoms with Crippen LogP contribution in [0.15, 0.2) is 12.1 Å². The first-order valence-corrected chi connectivity index (χ1v) is 6.35. The van der Waals surface area contributed by atoms with E-state index in [2.05, 4.69) is 5.32 Å². The molecule has 0 saturated carbocycles. The minimum Gasteiger partial charge on any atom is -0.507 e. The molecule has 0 heterocycles. The Kier molecular flexibility index (Phi) is 5.72. The number of nitrogens with one attached hydrogen (secondary N) is 1. The van der Waals surface area contributed by atoms with Gasteiger partial charge >= 0.3 is 0 Å². The maximum atomic E-state index is 11.8. The first kappa shape index (κ1) is 15.1. The van der Waals surface area contributed by atoms with E-state index < -0.39 is 12.0 Å². The lowest BCUT2D eigenvalue weighted by Crippen LogP contribution is -2.32. The van der Waals surface area contributed by atoms with Crippen LogP contribution >= 0.6 is 23.2 Å². The molecule has 0 aliphatic rings. The van der Waals surface area contributed by atoms with Crippen LogP contribution in [-0.4, -0.2) is 28.8 Å². The van der Waals surface area contributed by atoms with Crippen LogP contribution in [0.2, 0.25) is 10.0 Å². The number of hydrogen-bond acceptors (Lipinski definition) is 3. The summed E-state index contributed by atoms with van der Waals surface area (Å²) >= 11 is 11.5. The number of benzene rings is 1. The molecule has 1 unspecified atom stereocenters. The number of aliphatic hydroxyl groups is 1. The molecule has 3 N–H and O–H groups in total. The molecule has 6 heteroatoms. The van der Waals surface area contributed by atoms with Gasteiger partial charge in [0.1, 0.15) is 5.75 Å². The van der Waals surface area contributed by atoms with E-state index in [9.17, 15) is 15.0 Å². The summed E-state index contributed by atoms with van der Waals surface area (Å²) in [5, 5.41) is 21.9. The smallest absolute Gasteiger partial charge is 0.256 e. The van der Waals surface area contributed by atoms with Crippen LogP contribution < -0.4 is 5.32 Å². The molecule has 0 radical (unpaired) electrons. The Morgan fingerprint density at radius 1 is 1.44 bits per heavy atom. The van der Waals surface area contributed by atoms with Crippen LogP contribution in [0.4, 0.5) is 0 Å². The van der Waals surface area contributed by atoms with Crippen molar-refractivity contribution in [2.45, 2.75) is 25.9 Å². The van der Waals surface area contributed by atoms with Gasteiger partial charge in [-0.25, -0.2) is 0 Å². The number of phenolic OH excluding ortho intramolecular Hbond substituents is 1. The molecule has 1 amide bonds. The Morgan fingerprint density at radius 3 is 2.67 bits per heavy atom. The summed E-state index contributed by atoms with van der Waals surface area (Å²) in [4.78, 5) is 11.8. The van der Waals surface area contributed by atoms with Gasteiger partial charge in [0.05, 0.1) is 16.7 Å². The van der Waals surface area contributed by atoms with E-state index in [1.165, 1.54) is 12.1 Å². The number of amides is 1. The molecule has 0 saturated heterocycles. The molecule has 0 fully saturated rings. The van der Waals surface area contributed by atoms with Gasteiger partial charge in [-0.05, 0) is 18.6 Å². The number of carbonyl (C=O) groups is 1. The Labute approximate surface area is 116 Å². The van der Waals surface area contributed by atoms with E-state index in [4.69, 9.17) is 23.2 Å². The van der Waals surface area contributed by atoms with Crippen molar-refractivity contribution in [1.29, 1.82) is 0 Å². The molecular weight excluding hydrogens is 277 g/mol. The third-order valence-corrected chi connectivity index (χ3v) is 2.90. The zero-order valence-corrected chi connectivity index (χ0v) is 11.4. The summed E-state index contributed by atoms with van der Waals surface area (Å²) < 4.78 is 0. The van der Waals surface area contributed by atoms with Crippen molar-refractivity contribution in [3.8, 4) is 5.75 Å². The molecule has 4 nitrogen and oxygen atoms in total. The van der Waals surface area contributed by atoms with E-state index in [-0.39, 0.29) is 27.9 Å². The average Bonchev–Trinajstić information content (AvgIpc) is 2.25. The summed E-state index contributed by atoms with van der Waals surface area (Å²) in [7, 11) is 0. The summed E-state index contributed by atoms with van der Waals surface area (Å²) in [6.07, 6.45) is 0.817. The van der Waals surface area contributed by atoms with Gasteiger partial charge in [-0.3, -0.25) is 4.79 Å². The minimum atomic E-state index is -0.604. The highest BCUT2D eigenvalue weighted by Crippen LogP contribution is 2.29. The van der Waals surface area contributed by atoms with Crippen LogP contribution in [0.1, 0.15) is 30.1 Å². The van der Waals surface area contributed by atoms with Gasteiger partial charge < -0.3 is 15.5 Å². The molecule has 1 aromatic rings. The molecule has 0 aliphatic heterocycles. The number of aliphatic hydroxyl groups excluding tert-OH is 1. The SMILES string of the molecule is CCCC(O)CNC(=O)c1c(O)cc(Cl)cc1Cl. The maximum absolute atomic E-state index is 11.8. The van der Waals surface area contributed by atoms with Crippen LogP contribution in [0.3, 0.4) is 0 Å². The van der Waals surface area contributed by atoms with E-state index in [1.54, 1.807) is 0 Å². The predicted octanol–water partition coefficient (Wildman–Crippen LogP) is 2.59. The third-order valence-electron chi connectivity index (χ3n) is 2.38. The van der Waals surface area contributed by atoms with Crippen molar-refractivity contribution in [2.75, 3.05) is 6.54 Å². The zero-order valence-electron chi connectivity index (χ0n) is 9.91. The molecule has 1 atom stereocenters. The first-order chi connectivity index (χ1) is 8.45. The summed E-state index contributed by atoms with van der Waals surface area (Å²) in [5.74, 6) is -0.820. The highest BCUT2D eigenvalue weighted by atomic mass is 35.5. The van der Waals surface area contributed by atoms with Crippen molar-refractivity contribution in [2.24, 2.45) is 0 Å². The fraction of sp³-hybridized carbons (Fsp3) is 0.417. The molecule has 100 valence electrons. The van der Waals surface area contributed by atoms with Gasteiger partial charge in [-0.1, -0.05) is 36.5 Å². The molecule has 0 aliphatic carbocycles. The van der Waals surface area contributed by atoms with E-state index >= 15 is 0 Å². The lowest BCUT2D eigenvalue weighted by Gasteiger charge is -2.12. The van der Waals surface area contributed by atoms with Crippen molar-refractivity contribution in [3.05, 3.63) is 27.7 Å². The first-order valence-electron chi connectivity index (χ1n) is 5.60. The standard InChI is InChI=1S/C12H15Cl2NO3/c1-2-3-8(16)6-15-12(18)11-9(14)4-7(13)5-10(11)17/h4-5,8,16-17H,2-3,6H2,1H3,(H,15,18). The van der Waals surface area contributed by atoms with Crippen molar-refractivity contribution in [1.82, 2.24) is 5.32 Å². The average molecular weight is 292 g/mol. The van der Waals surface area contributed by atoms with Crippen LogP contribution in [0, 0.1) is 0 Å². The van der Waals surface area contributed by atoms with E-state index in [0.717, 1.165) is 6.42 Å². The number of rotatable bonds is 5. The quantitative estimate of drug-likeness (QED) is 0.781. The van der Waals surface area contributed by atoms with Crippen LogP contribution in [0.25, 0.3) is 0 Å². The van der Waals surface area contributed by atoms with Crippen LogP contribution in [-0.2, 0) is 0 Å². The van der Waals surface area contributed by atoms with E-state index in [1.807, 2.05) is 6.92 Å². The van der Waals surface area contributed by atoms with Crippen molar-refractivity contribution < 1.29 is 15.0 Å². The molecule has 0 aromatic heterocycles. The fourth-order valence-corrected chi connectivity index (χ4v) is 2.09. The largest absolute Gasteiger partial charge is 0.507 e. The Bertz CT molecular complexity index is 414. The molecular formula is C12H15Cl2NO3. The Balaban J connectivity index is 2.73. The zero-order chi connectivity index (χ0) is 13.7. The lowest BCUT2D eigenvalue weighted by atomic mass is 10.1. The van der Waals surface area contributed by atoms with Gasteiger partial charge in [-0.2, -0.15) is 0 Å². The number of carbonyl (C=O) groups excluding carboxylic acids is 1. The topological polar surface area (TPSA) is 69.6 Å². The number of aromatic hydroxyl groups is 1. The van der Waals surface area contributed by atoms with Crippen molar-refractivity contribution >= 4 is 29.1 Å². The minimum absolute atomic E-state index is 0.0373. The molecule has 0 spiro atoms. The van der Waals surface area contributed by atoms with Gasteiger partial charge in [0.2, 0.25) is 0 Å². The Morgan fingerprint density at radius 2 is 2.11 bits per heavy atom.